The monoisotopic (exact) mass is 418 g/mol. The maximum Gasteiger partial charge on any atom is 0.244 e. The van der Waals surface area contributed by atoms with E-state index < -0.39 is 0 Å². The van der Waals surface area contributed by atoms with Crippen molar-refractivity contribution in [1.29, 1.82) is 0 Å². The van der Waals surface area contributed by atoms with Gasteiger partial charge in [0.1, 0.15) is 18.4 Å². The Morgan fingerprint density at radius 1 is 1.13 bits per heavy atom. The van der Waals surface area contributed by atoms with E-state index >= 15 is 0 Å². The van der Waals surface area contributed by atoms with E-state index in [0.29, 0.717) is 18.9 Å². The van der Waals surface area contributed by atoms with Crippen molar-refractivity contribution in [1.82, 2.24) is 30.0 Å². The van der Waals surface area contributed by atoms with E-state index in [4.69, 9.17) is 4.74 Å². The number of ether oxygens (including phenoxy) is 1. The molecular formula is C23H26N6O2. The van der Waals surface area contributed by atoms with Crippen LogP contribution in [0.15, 0.2) is 48.5 Å². The zero-order chi connectivity index (χ0) is 21.2. The van der Waals surface area contributed by atoms with Gasteiger partial charge in [-0.25, -0.2) is 4.68 Å². The molecule has 8 nitrogen and oxygen atoms in total. The summed E-state index contributed by atoms with van der Waals surface area (Å²) in [6, 6.07) is 16.6. The summed E-state index contributed by atoms with van der Waals surface area (Å²) in [7, 11) is 1.81. The number of tetrazole rings is 1. The summed E-state index contributed by atoms with van der Waals surface area (Å²) >= 11 is 0. The highest BCUT2D eigenvalue weighted by atomic mass is 16.5. The summed E-state index contributed by atoms with van der Waals surface area (Å²) in [6.45, 7) is 3.12. The Hall–Kier alpha value is -3.26. The maximum absolute atomic E-state index is 12.8. The molecule has 0 saturated carbocycles. The van der Waals surface area contributed by atoms with Gasteiger partial charge in [0.15, 0.2) is 5.82 Å². The van der Waals surface area contributed by atoms with E-state index in [1.807, 2.05) is 18.2 Å². The zero-order valence-electron chi connectivity index (χ0n) is 17.6. The van der Waals surface area contributed by atoms with Crippen LogP contribution in [0.2, 0.25) is 0 Å². The highest BCUT2D eigenvalue weighted by Crippen LogP contribution is 2.28. The first-order valence-corrected chi connectivity index (χ1v) is 10.7. The van der Waals surface area contributed by atoms with Crippen LogP contribution in [-0.2, 0) is 37.3 Å². The Morgan fingerprint density at radius 3 is 2.74 bits per heavy atom. The molecule has 0 unspecified atom stereocenters. The first-order chi connectivity index (χ1) is 15.2. The van der Waals surface area contributed by atoms with Crippen LogP contribution in [0, 0.1) is 0 Å². The number of fused-ring (bicyclic) bond motifs is 2. The van der Waals surface area contributed by atoms with Crippen LogP contribution in [0.3, 0.4) is 0 Å². The van der Waals surface area contributed by atoms with Crippen LogP contribution < -0.4 is 4.74 Å². The van der Waals surface area contributed by atoms with E-state index in [-0.39, 0.29) is 18.6 Å². The van der Waals surface area contributed by atoms with Crippen molar-refractivity contribution >= 4 is 5.91 Å². The van der Waals surface area contributed by atoms with Gasteiger partial charge in [-0.05, 0) is 39.6 Å². The van der Waals surface area contributed by atoms with Crippen molar-refractivity contribution in [3.8, 4) is 5.75 Å². The molecule has 2 aromatic carbocycles. The molecule has 0 saturated heterocycles. The molecule has 3 aromatic rings. The Labute approximate surface area is 181 Å². The van der Waals surface area contributed by atoms with Gasteiger partial charge < -0.3 is 9.64 Å². The molecule has 31 heavy (non-hydrogen) atoms. The van der Waals surface area contributed by atoms with E-state index in [2.05, 4.69) is 50.8 Å². The number of amides is 1. The van der Waals surface area contributed by atoms with Gasteiger partial charge in [-0.2, -0.15) is 0 Å². The summed E-state index contributed by atoms with van der Waals surface area (Å²) in [5, 5.41) is 12.1. The third-order valence-electron chi connectivity index (χ3n) is 6.08. The number of para-hydroxylation sites is 1. The average molecular weight is 419 g/mol. The molecule has 1 aromatic heterocycles. The van der Waals surface area contributed by atoms with Gasteiger partial charge in [0, 0.05) is 26.6 Å². The lowest BCUT2D eigenvalue weighted by atomic mass is 10.00. The minimum Gasteiger partial charge on any atom is -0.488 e. The van der Waals surface area contributed by atoms with Gasteiger partial charge in [0.25, 0.3) is 0 Å². The van der Waals surface area contributed by atoms with Crippen LogP contribution in [0.4, 0.5) is 0 Å². The number of carbonyl (C=O) groups is 1. The lowest BCUT2D eigenvalue weighted by Crippen LogP contribution is -2.39. The molecule has 2 aliphatic rings. The molecule has 0 bridgehead atoms. The molecule has 0 radical (unpaired) electrons. The number of likely N-dealkylation sites (N-methyl/N-ethyl adjacent to an activating group) is 1. The number of rotatable bonds is 6. The standard InChI is InChI=1S/C23H26N6O2/c1-27(14-20-12-18-7-4-5-9-21(18)31-20)23(30)16-29-22(24-25-26-29)15-28-11-10-17-6-2-3-8-19(17)13-28/h2-9,20H,10-16H2,1H3/t20-/m1/s1. The van der Waals surface area contributed by atoms with Gasteiger partial charge in [-0.1, -0.05) is 42.5 Å². The number of nitrogens with zero attached hydrogens (tertiary/aromatic N) is 6. The van der Waals surface area contributed by atoms with E-state index in [0.717, 1.165) is 31.7 Å². The van der Waals surface area contributed by atoms with Crippen molar-refractivity contribution in [3.63, 3.8) is 0 Å². The maximum atomic E-state index is 12.8. The fourth-order valence-corrected chi connectivity index (χ4v) is 4.36. The van der Waals surface area contributed by atoms with Gasteiger partial charge in [0.05, 0.1) is 13.1 Å². The number of benzene rings is 2. The SMILES string of the molecule is CN(C[C@H]1Cc2ccccc2O1)C(=O)Cn1nnnc1CN1CCc2ccccc2C1. The number of carbonyl (C=O) groups excluding carboxylic acids is 1. The lowest BCUT2D eigenvalue weighted by molar-refractivity contribution is -0.131. The van der Waals surface area contributed by atoms with E-state index in [1.165, 1.54) is 16.7 Å². The van der Waals surface area contributed by atoms with Gasteiger partial charge >= 0.3 is 0 Å². The van der Waals surface area contributed by atoms with Crippen LogP contribution in [0.5, 0.6) is 5.75 Å². The first kappa shape index (κ1) is 19.7. The summed E-state index contributed by atoms with van der Waals surface area (Å²) < 4.78 is 7.58. The number of hydrogen-bond donors (Lipinski definition) is 0. The van der Waals surface area contributed by atoms with Gasteiger partial charge in [-0.15, -0.1) is 5.10 Å². The van der Waals surface area contributed by atoms with Crippen LogP contribution in [0.1, 0.15) is 22.5 Å². The van der Waals surface area contributed by atoms with Crippen molar-refractivity contribution in [2.24, 2.45) is 0 Å². The Balaban J connectivity index is 1.17. The summed E-state index contributed by atoms with van der Waals surface area (Å²) in [5.74, 6) is 1.60. The Kier molecular flexibility index (Phi) is 5.38. The van der Waals surface area contributed by atoms with Crippen molar-refractivity contribution in [3.05, 3.63) is 71.0 Å². The minimum absolute atomic E-state index is 0.0203. The fraction of sp³-hybridized carbons (Fsp3) is 0.391. The van der Waals surface area contributed by atoms with Crippen LogP contribution in [-0.4, -0.2) is 62.2 Å². The van der Waals surface area contributed by atoms with Crippen LogP contribution in [0.25, 0.3) is 0 Å². The molecule has 2 aliphatic heterocycles. The quantitative estimate of drug-likeness (QED) is 0.606. The second-order valence-corrected chi connectivity index (χ2v) is 8.31. The number of hydrogen-bond acceptors (Lipinski definition) is 6. The van der Waals surface area contributed by atoms with Gasteiger partial charge in [0.2, 0.25) is 5.91 Å². The smallest absolute Gasteiger partial charge is 0.244 e. The highest BCUT2D eigenvalue weighted by Gasteiger charge is 2.26. The van der Waals surface area contributed by atoms with E-state index in [1.54, 1.807) is 16.6 Å². The molecule has 5 rings (SSSR count). The third-order valence-corrected chi connectivity index (χ3v) is 6.08. The molecular weight excluding hydrogens is 392 g/mol. The first-order valence-electron chi connectivity index (χ1n) is 10.7. The number of aromatic nitrogens is 4. The summed E-state index contributed by atoms with van der Waals surface area (Å²) in [6.07, 6.45) is 1.82. The molecule has 160 valence electrons. The topological polar surface area (TPSA) is 76.4 Å². The molecule has 0 spiro atoms. The predicted octanol–water partition coefficient (Wildman–Crippen LogP) is 1.69. The average Bonchev–Trinajstić information content (AvgIpc) is 3.39. The second-order valence-electron chi connectivity index (χ2n) is 8.31. The molecule has 1 amide bonds. The lowest BCUT2D eigenvalue weighted by Gasteiger charge is -2.28. The summed E-state index contributed by atoms with van der Waals surface area (Å²) in [4.78, 5) is 16.8. The molecule has 3 heterocycles. The largest absolute Gasteiger partial charge is 0.488 e. The van der Waals surface area contributed by atoms with Crippen LogP contribution >= 0.6 is 0 Å². The third kappa shape index (κ3) is 4.29. The van der Waals surface area contributed by atoms with Crippen molar-refractivity contribution in [2.75, 3.05) is 20.1 Å². The Morgan fingerprint density at radius 2 is 1.90 bits per heavy atom. The molecule has 1 atom stereocenters. The van der Waals surface area contributed by atoms with E-state index in [9.17, 15) is 4.79 Å². The molecule has 0 fully saturated rings. The minimum atomic E-state index is -0.0305. The molecule has 0 N–H and O–H groups in total. The summed E-state index contributed by atoms with van der Waals surface area (Å²) in [5.41, 5.74) is 3.95. The zero-order valence-corrected chi connectivity index (χ0v) is 17.6. The highest BCUT2D eigenvalue weighted by molar-refractivity contribution is 5.75. The second kappa shape index (κ2) is 8.47. The Bertz CT molecular complexity index is 1060. The molecule has 0 aliphatic carbocycles. The van der Waals surface area contributed by atoms with Crippen molar-refractivity contribution < 1.29 is 9.53 Å². The van der Waals surface area contributed by atoms with Gasteiger partial charge in [-0.3, -0.25) is 9.69 Å². The normalized spacial score (nSPS) is 17.6. The predicted molar refractivity (Wildman–Crippen MR) is 114 cm³/mol. The van der Waals surface area contributed by atoms with Crippen molar-refractivity contribution in [2.45, 2.75) is 38.6 Å². The fourth-order valence-electron chi connectivity index (χ4n) is 4.36. The molecule has 8 heteroatoms.